The smallest absolute Gasteiger partial charge is 0.256 e. The number of rotatable bonds is 4. The Hall–Kier alpha value is -3.10. The van der Waals surface area contributed by atoms with Crippen molar-refractivity contribution in [3.05, 3.63) is 89.2 Å². The molecule has 3 aromatic rings. The molecule has 128 valence electrons. The number of nitrogens with zero attached hydrogens (tertiary/aromatic N) is 1. The number of hydrogen-bond acceptors (Lipinski definition) is 3. The molecule has 0 aliphatic carbocycles. The van der Waals surface area contributed by atoms with Crippen LogP contribution >= 0.6 is 11.8 Å². The Kier molecular flexibility index (Phi) is 5.35. The average Bonchev–Trinajstić information content (AvgIpc) is 2.65. The number of amides is 1. The molecule has 0 unspecified atom stereocenters. The molecule has 0 fully saturated rings. The number of nitriles is 1. The van der Waals surface area contributed by atoms with Crippen LogP contribution in [-0.2, 0) is 0 Å². The third kappa shape index (κ3) is 3.93. The SMILES string of the molecule is Cc1ccc(NC(=O)c2ccccc2Sc2ccccc2C#N)c(F)c1. The summed E-state index contributed by atoms with van der Waals surface area (Å²) in [4.78, 5) is 14.1. The molecular formula is C21H15FN2OS. The van der Waals surface area contributed by atoms with Crippen LogP contribution < -0.4 is 5.32 Å². The number of halogens is 1. The molecule has 3 rings (SSSR count). The fourth-order valence-electron chi connectivity index (χ4n) is 2.42. The lowest BCUT2D eigenvalue weighted by Crippen LogP contribution is -2.14. The summed E-state index contributed by atoms with van der Waals surface area (Å²) in [5.74, 6) is -0.872. The van der Waals surface area contributed by atoms with Gasteiger partial charge in [0.25, 0.3) is 5.91 Å². The van der Waals surface area contributed by atoms with Gasteiger partial charge in [0.05, 0.1) is 16.8 Å². The van der Waals surface area contributed by atoms with E-state index in [0.717, 1.165) is 10.5 Å². The monoisotopic (exact) mass is 362 g/mol. The van der Waals surface area contributed by atoms with Crippen molar-refractivity contribution in [2.45, 2.75) is 16.7 Å². The van der Waals surface area contributed by atoms with Crippen molar-refractivity contribution in [2.24, 2.45) is 0 Å². The number of hydrogen-bond donors (Lipinski definition) is 1. The first-order valence-corrected chi connectivity index (χ1v) is 8.73. The van der Waals surface area contributed by atoms with Crippen molar-refractivity contribution >= 4 is 23.4 Å². The van der Waals surface area contributed by atoms with Crippen molar-refractivity contribution in [1.29, 1.82) is 5.26 Å². The van der Waals surface area contributed by atoms with Crippen LogP contribution in [0, 0.1) is 24.1 Å². The fraction of sp³-hybridized carbons (Fsp3) is 0.0476. The maximum Gasteiger partial charge on any atom is 0.256 e. The van der Waals surface area contributed by atoms with Gasteiger partial charge in [-0.3, -0.25) is 4.79 Å². The third-order valence-electron chi connectivity index (χ3n) is 3.73. The largest absolute Gasteiger partial charge is 0.319 e. The van der Waals surface area contributed by atoms with Gasteiger partial charge in [-0.2, -0.15) is 5.26 Å². The summed E-state index contributed by atoms with van der Waals surface area (Å²) in [6, 6.07) is 21.1. The van der Waals surface area contributed by atoms with Gasteiger partial charge >= 0.3 is 0 Å². The molecule has 0 heterocycles. The molecule has 0 saturated heterocycles. The molecule has 0 saturated carbocycles. The van der Waals surface area contributed by atoms with E-state index in [0.29, 0.717) is 16.0 Å². The molecule has 26 heavy (non-hydrogen) atoms. The Balaban J connectivity index is 1.89. The highest BCUT2D eigenvalue weighted by molar-refractivity contribution is 7.99. The number of nitrogens with one attached hydrogen (secondary N) is 1. The van der Waals surface area contributed by atoms with Gasteiger partial charge in [0, 0.05) is 9.79 Å². The van der Waals surface area contributed by atoms with Crippen LogP contribution in [0.4, 0.5) is 10.1 Å². The van der Waals surface area contributed by atoms with Gasteiger partial charge in [-0.1, -0.05) is 42.1 Å². The van der Waals surface area contributed by atoms with Gasteiger partial charge < -0.3 is 5.32 Å². The molecule has 0 aliphatic rings. The second-order valence-electron chi connectivity index (χ2n) is 5.64. The Morgan fingerprint density at radius 1 is 1.04 bits per heavy atom. The molecule has 0 radical (unpaired) electrons. The van der Waals surface area contributed by atoms with E-state index < -0.39 is 11.7 Å². The zero-order valence-corrected chi connectivity index (χ0v) is 14.8. The quantitative estimate of drug-likeness (QED) is 0.675. The maximum atomic E-state index is 14.0. The van der Waals surface area contributed by atoms with Gasteiger partial charge in [0.15, 0.2) is 0 Å². The van der Waals surface area contributed by atoms with E-state index >= 15 is 0 Å². The van der Waals surface area contributed by atoms with Crippen molar-refractivity contribution < 1.29 is 9.18 Å². The van der Waals surface area contributed by atoms with Crippen LogP contribution in [0.2, 0.25) is 0 Å². The van der Waals surface area contributed by atoms with E-state index in [2.05, 4.69) is 11.4 Å². The Morgan fingerprint density at radius 2 is 1.73 bits per heavy atom. The molecule has 1 N–H and O–H groups in total. The second kappa shape index (κ2) is 7.85. The van der Waals surface area contributed by atoms with E-state index in [9.17, 15) is 14.4 Å². The van der Waals surface area contributed by atoms with Gasteiger partial charge in [0.2, 0.25) is 0 Å². The third-order valence-corrected chi connectivity index (χ3v) is 4.88. The van der Waals surface area contributed by atoms with E-state index in [1.54, 1.807) is 49.4 Å². The molecule has 0 atom stereocenters. The highest BCUT2D eigenvalue weighted by atomic mass is 32.2. The standard InChI is InChI=1S/C21H15FN2OS/c1-14-10-11-18(17(22)12-14)24-21(25)16-7-3-5-9-20(16)26-19-8-4-2-6-15(19)13-23/h2-12H,1H3,(H,24,25). The minimum absolute atomic E-state index is 0.137. The lowest BCUT2D eigenvalue weighted by Gasteiger charge is -2.11. The Labute approximate surface area is 155 Å². The van der Waals surface area contributed by atoms with Gasteiger partial charge in [-0.05, 0) is 48.9 Å². The van der Waals surface area contributed by atoms with Crippen LogP contribution in [0.5, 0.6) is 0 Å². The summed E-state index contributed by atoms with van der Waals surface area (Å²) in [7, 11) is 0. The Bertz CT molecular complexity index is 1010. The molecule has 0 spiro atoms. The summed E-state index contributed by atoms with van der Waals surface area (Å²) in [5.41, 5.74) is 1.88. The normalized spacial score (nSPS) is 10.2. The van der Waals surface area contributed by atoms with Gasteiger partial charge in [0.1, 0.15) is 11.9 Å². The average molecular weight is 362 g/mol. The van der Waals surface area contributed by atoms with Gasteiger partial charge in [-0.25, -0.2) is 4.39 Å². The van der Waals surface area contributed by atoms with E-state index in [4.69, 9.17) is 0 Å². The number of carbonyl (C=O) groups excluding carboxylic acids is 1. The van der Waals surface area contributed by atoms with E-state index in [1.807, 2.05) is 18.2 Å². The van der Waals surface area contributed by atoms with Crippen molar-refractivity contribution in [3.8, 4) is 6.07 Å². The first-order chi connectivity index (χ1) is 12.6. The maximum absolute atomic E-state index is 14.0. The minimum atomic E-state index is -0.474. The van der Waals surface area contributed by atoms with Crippen molar-refractivity contribution in [2.75, 3.05) is 5.32 Å². The van der Waals surface area contributed by atoms with Crippen molar-refractivity contribution in [1.82, 2.24) is 0 Å². The summed E-state index contributed by atoms with van der Waals surface area (Å²) >= 11 is 1.33. The zero-order valence-electron chi connectivity index (χ0n) is 14.0. The number of anilines is 1. The highest BCUT2D eigenvalue weighted by Gasteiger charge is 2.15. The van der Waals surface area contributed by atoms with Gasteiger partial charge in [-0.15, -0.1) is 0 Å². The van der Waals surface area contributed by atoms with Crippen LogP contribution in [-0.4, -0.2) is 5.91 Å². The molecular weight excluding hydrogens is 347 g/mol. The number of benzene rings is 3. The summed E-state index contributed by atoms with van der Waals surface area (Å²) in [6.45, 7) is 1.78. The fourth-order valence-corrected chi connectivity index (χ4v) is 3.45. The first-order valence-electron chi connectivity index (χ1n) is 7.92. The zero-order chi connectivity index (χ0) is 18.5. The number of aryl methyl sites for hydroxylation is 1. The van der Waals surface area contributed by atoms with Crippen LogP contribution in [0.25, 0.3) is 0 Å². The van der Waals surface area contributed by atoms with Crippen molar-refractivity contribution in [3.63, 3.8) is 0 Å². The lowest BCUT2D eigenvalue weighted by atomic mass is 10.2. The van der Waals surface area contributed by atoms with E-state index in [1.165, 1.54) is 17.8 Å². The summed E-state index contributed by atoms with van der Waals surface area (Å²) < 4.78 is 14.0. The topological polar surface area (TPSA) is 52.9 Å². The van der Waals surface area contributed by atoms with Crippen LogP contribution in [0.3, 0.4) is 0 Å². The molecule has 3 aromatic carbocycles. The molecule has 1 amide bonds. The summed E-state index contributed by atoms with van der Waals surface area (Å²) in [6.07, 6.45) is 0. The summed E-state index contributed by atoms with van der Waals surface area (Å²) in [5, 5.41) is 11.9. The number of carbonyl (C=O) groups is 1. The molecule has 3 nitrogen and oxygen atoms in total. The molecule has 0 bridgehead atoms. The predicted molar refractivity (Wildman–Crippen MR) is 101 cm³/mol. The van der Waals surface area contributed by atoms with Crippen LogP contribution in [0.1, 0.15) is 21.5 Å². The lowest BCUT2D eigenvalue weighted by molar-refractivity contribution is 0.102. The van der Waals surface area contributed by atoms with Crippen LogP contribution in [0.15, 0.2) is 76.5 Å². The first kappa shape index (κ1) is 17.7. The minimum Gasteiger partial charge on any atom is -0.319 e. The van der Waals surface area contributed by atoms with E-state index in [-0.39, 0.29) is 5.69 Å². The second-order valence-corrected chi connectivity index (χ2v) is 6.73. The molecule has 0 aromatic heterocycles. The highest BCUT2D eigenvalue weighted by Crippen LogP contribution is 2.33. The predicted octanol–water partition coefficient (Wildman–Crippen LogP) is 5.41. The molecule has 5 heteroatoms. The Morgan fingerprint density at radius 3 is 2.46 bits per heavy atom. The molecule has 0 aliphatic heterocycles.